The van der Waals surface area contributed by atoms with Gasteiger partial charge in [-0.15, -0.1) is 0 Å². The number of carboxylic acids is 1. The number of hydrogen-bond donors (Lipinski definition) is 1. The first-order chi connectivity index (χ1) is 7.66. The number of carbonyl (C=O) groups is 1. The van der Waals surface area contributed by atoms with Gasteiger partial charge in [-0.25, -0.2) is 4.79 Å². The first-order valence-corrected chi connectivity index (χ1v) is 5.66. The molecule has 0 aliphatic heterocycles. The van der Waals surface area contributed by atoms with Crippen LogP contribution < -0.4 is 0 Å². The van der Waals surface area contributed by atoms with E-state index in [0.29, 0.717) is 5.57 Å². The van der Waals surface area contributed by atoms with Crippen molar-refractivity contribution in [3.8, 4) is 0 Å². The fourth-order valence-corrected chi connectivity index (χ4v) is 2.21. The van der Waals surface area contributed by atoms with Crippen LogP contribution in [-0.2, 0) is 11.2 Å². The fraction of sp³-hybridized carbons (Fsp3) is 0.357. The summed E-state index contributed by atoms with van der Waals surface area (Å²) >= 11 is 0. The molecule has 1 aromatic rings. The minimum Gasteiger partial charge on any atom is -0.478 e. The molecule has 1 N–H and O–H groups in total. The van der Waals surface area contributed by atoms with E-state index in [2.05, 4.69) is 31.2 Å². The van der Waals surface area contributed by atoms with Crippen LogP contribution in [0.1, 0.15) is 30.4 Å². The van der Waals surface area contributed by atoms with Crippen molar-refractivity contribution in [3.05, 3.63) is 46.5 Å². The summed E-state index contributed by atoms with van der Waals surface area (Å²) in [6, 6.07) is 8.32. The van der Waals surface area contributed by atoms with Crippen molar-refractivity contribution in [2.45, 2.75) is 32.6 Å². The molecule has 1 aromatic carbocycles. The van der Waals surface area contributed by atoms with E-state index in [0.717, 1.165) is 31.3 Å². The first-order valence-electron chi connectivity index (χ1n) is 5.66. The highest BCUT2D eigenvalue weighted by Gasteiger charge is 2.19. The van der Waals surface area contributed by atoms with Crippen molar-refractivity contribution in [1.82, 2.24) is 0 Å². The summed E-state index contributed by atoms with van der Waals surface area (Å²) in [6.07, 6.45) is 3.46. The quantitative estimate of drug-likeness (QED) is 0.843. The van der Waals surface area contributed by atoms with E-state index >= 15 is 0 Å². The van der Waals surface area contributed by atoms with E-state index in [4.69, 9.17) is 5.11 Å². The van der Waals surface area contributed by atoms with Crippen LogP contribution in [0.2, 0.25) is 0 Å². The van der Waals surface area contributed by atoms with E-state index in [-0.39, 0.29) is 0 Å². The van der Waals surface area contributed by atoms with Crippen LogP contribution in [0.5, 0.6) is 0 Å². The molecule has 2 rings (SSSR count). The van der Waals surface area contributed by atoms with Crippen molar-refractivity contribution < 1.29 is 9.90 Å². The summed E-state index contributed by atoms with van der Waals surface area (Å²) in [5.74, 6) is -0.736. The molecule has 0 heterocycles. The molecule has 2 heteroatoms. The van der Waals surface area contributed by atoms with E-state index in [1.165, 1.54) is 11.1 Å². The topological polar surface area (TPSA) is 37.3 Å². The molecular weight excluding hydrogens is 200 g/mol. The lowest BCUT2D eigenvalue weighted by atomic mass is 10.0. The van der Waals surface area contributed by atoms with Crippen LogP contribution in [0.3, 0.4) is 0 Å². The van der Waals surface area contributed by atoms with Gasteiger partial charge in [0.05, 0.1) is 0 Å². The predicted octanol–water partition coefficient (Wildman–Crippen LogP) is 3.10. The fourth-order valence-electron chi connectivity index (χ4n) is 2.21. The summed E-state index contributed by atoms with van der Waals surface area (Å²) in [5.41, 5.74) is 4.20. The summed E-state index contributed by atoms with van der Waals surface area (Å²) < 4.78 is 0. The van der Waals surface area contributed by atoms with E-state index in [1.807, 2.05) is 0 Å². The minimum atomic E-state index is -0.736. The average molecular weight is 216 g/mol. The van der Waals surface area contributed by atoms with E-state index in [1.54, 1.807) is 0 Å². The maximum Gasteiger partial charge on any atom is 0.331 e. The lowest BCUT2D eigenvalue weighted by Crippen LogP contribution is -2.01. The van der Waals surface area contributed by atoms with Gasteiger partial charge in [-0.2, -0.15) is 0 Å². The Morgan fingerprint density at radius 3 is 2.56 bits per heavy atom. The largest absolute Gasteiger partial charge is 0.478 e. The number of aliphatic carboxylic acids is 1. The molecule has 84 valence electrons. The summed E-state index contributed by atoms with van der Waals surface area (Å²) in [4.78, 5) is 11.0. The number of carboxylic acid groups (broad SMARTS) is 1. The zero-order valence-corrected chi connectivity index (χ0v) is 9.49. The second-order valence-corrected chi connectivity index (χ2v) is 4.40. The standard InChI is InChI=1S/C14H16O2/c1-10-5-7-11(8-6-10)9-12-3-2-4-13(12)14(15)16/h5-8H,2-4,9H2,1H3,(H,15,16). The summed E-state index contributed by atoms with van der Waals surface area (Å²) in [6.45, 7) is 2.06. The van der Waals surface area contributed by atoms with Gasteiger partial charge in [0.1, 0.15) is 0 Å². The molecule has 0 aromatic heterocycles. The SMILES string of the molecule is Cc1ccc(CC2=C(C(=O)O)CCC2)cc1. The van der Waals surface area contributed by atoms with Crippen molar-refractivity contribution in [3.63, 3.8) is 0 Å². The number of hydrogen-bond acceptors (Lipinski definition) is 1. The number of benzene rings is 1. The minimum absolute atomic E-state index is 0.639. The number of rotatable bonds is 3. The molecule has 0 saturated carbocycles. The molecule has 0 radical (unpaired) electrons. The highest BCUT2D eigenvalue weighted by molar-refractivity contribution is 5.88. The Kier molecular flexibility index (Phi) is 3.09. The molecule has 16 heavy (non-hydrogen) atoms. The second-order valence-electron chi connectivity index (χ2n) is 4.40. The van der Waals surface area contributed by atoms with Gasteiger partial charge < -0.3 is 5.11 Å². The van der Waals surface area contributed by atoms with Crippen molar-refractivity contribution in [2.24, 2.45) is 0 Å². The summed E-state index contributed by atoms with van der Waals surface area (Å²) in [7, 11) is 0. The maximum atomic E-state index is 11.0. The second kappa shape index (κ2) is 4.52. The van der Waals surface area contributed by atoms with Gasteiger partial charge in [-0.3, -0.25) is 0 Å². The number of aryl methyl sites for hydroxylation is 1. The van der Waals surface area contributed by atoms with Gasteiger partial charge in [-0.05, 0) is 38.2 Å². The summed E-state index contributed by atoms with van der Waals surface area (Å²) in [5, 5.41) is 9.05. The molecule has 1 aliphatic carbocycles. The Morgan fingerprint density at radius 1 is 1.25 bits per heavy atom. The van der Waals surface area contributed by atoms with Crippen LogP contribution in [0.25, 0.3) is 0 Å². The number of allylic oxidation sites excluding steroid dienone is 1. The third kappa shape index (κ3) is 2.32. The van der Waals surface area contributed by atoms with Crippen molar-refractivity contribution in [2.75, 3.05) is 0 Å². The van der Waals surface area contributed by atoms with Crippen LogP contribution in [0, 0.1) is 6.92 Å². The molecule has 0 spiro atoms. The Morgan fingerprint density at radius 2 is 1.94 bits per heavy atom. The molecule has 0 amide bonds. The molecule has 0 fully saturated rings. The highest BCUT2D eigenvalue weighted by atomic mass is 16.4. The van der Waals surface area contributed by atoms with Gasteiger partial charge in [0.25, 0.3) is 0 Å². The Bertz CT molecular complexity index is 427. The van der Waals surface area contributed by atoms with Gasteiger partial charge in [0, 0.05) is 5.57 Å². The predicted molar refractivity (Wildman–Crippen MR) is 63.4 cm³/mol. The molecule has 2 nitrogen and oxygen atoms in total. The molecule has 0 atom stereocenters. The molecule has 0 saturated heterocycles. The third-order valence-electron chi connectivity index (χ3n) is 3.13. The third-order valence-corrected chi connectivity index (χ3v) is 3.13. The zero-order valence-electron chi connectivity index (χ0n) is 9.49. The van der Waals surface area contributed by atoms with Crippen molar-refractivity contribution >= 4 is 5.97 Å². The Hall–Kier alpha value is -1.57. The van der Waals surface area contributed by atoms with E-state index in [9.17, 15) is 4.79 Å². The Balaban J connectivity index is 2.18. The normalized spacial score (nSPS) is 15.6. The lowest BCUT2D eigenvalue weighted by Gasteiger charge is -2.05. The lowest BCUT2D eigenvalue weighted by molar-refractivity contribution is -0.132. The van der Waals surface area contributed by atoms with Gasteiger partial charge in [-0.1, -0.05) is 35.4 Å². The van der Waals surface area contributed by atoms with Gasteiger partial charge in [0.15, 0.2) is 0 Å². The monoisotopic (exact) mass is 216 g/mol. The van der Waals surface area contributed by atoms with Crippen LogP contribution in [-0.4, -0.2) is 11.1 Å². The highest BCUT2D eigenvalue weighted by Crippen LogP contribution is 2.28. The molecule has 0 bridgehead atoms. The molecular formula is C14H16O2. The average Bonchev–Trinajstić information content (AvgIpc) is 2.69. The van der Waals surface area contributed by atoms with Gasteiger partial charge in [0.2, 0.25) is 0 Å². The van der Waals surface area contributed by atoms with Crippen molar-refractivity contribution in [1.29, 1.82) is 0 Å². The van der Waals surface area contributed by atoms with E-state index < -0.39 is 5.97 Å². The van der Waals surface area contributed by atoms with Gasteiger partial charge >= 0.3 is 5.97 Å². The molecule has 0 unspecified atom stereocenters. The molecule has 1 aliphatic rings. The van der Waals surface area contributed by atoms with Crippen LogP contribution >= 0.6 is 0 Å². The first kappa shape index (κ1) is 10.9. The van der Waals surface area contributed by atoms with Crippen LogP contribution in [0.4, 0.5) is 0 Å². The smallest absolute Gasteiger partial charge is 0.331 e. The Labute approximate surface area is 95.6 Å². The maximum absolute atomic E-state index is 11.0. The van der Waals surface area contributed by atoms with Crippen LogP contribution in [0.15, 0.2) is 35.4 Å². The zero-order chi connectivity index (χ0) is 11.5.